The molecule has 0 spiro atoms. The number of aliphatic hydroxyl groups excluding tert-OH is 1. The average Bonchev–Trinajstić information content (AvgIpc) is 3.02. The molecule has 0 atom stereocenters. The Morgan fingerprint density at radius 2 is 1.46 bits per heavy atom. The van der Waals surface area contributed by atoms with E-state index in [4.69, 9.17) is 0 Å². The van der Waals surface area contributed by atoms with Crippen molar-refractivity contribution in [3.8, 4) is 11.1 Å². The number of hydrogen-bond acceptors (Lipinski definition) is 2. The first-order chi connectivity index (χ1) is 11.2. The van der Waals surface area contributed by atoms with E-state index in [1.165, 1.54) is 22.3 Å². The standard InChI is InChI=1S/C21H23NO.2ClH.Ti/c1-22(2)14-16-11-12-17(13-16)19-8-5-6-10-21(19)20-9-4-3-7-18(20)15-23;;;/h3-11,13,23H,12,14-15H2,1-2H3;2*1H;. The molecule has 0 saturated heterocycles. The number of rotatable bonds is 5. The molecule has 0 fully saturated rings. The van der Waals surface area contributed by atoms with E-state index in [9.17, 15) is 5.11 Å². The van der Waals surface area contributed by atoms with E-state index in [1.54, 1.807) is 0 Å². The van der Waals surface area contributed by atoms with Gasteiger partial charge in [0.25, 0.3) is 0 Å². The van der Waals surface area contributed by atoms with Crippen molar-refractivity contribution in [2.75, 3.05) is 20.6 Å². The third-order valence-electron chi connectivity index (χ3n) is 4.19. The molecule has 138 valence electrons. The molecule has 0 heterocycles. The fraction of sp³-hybridized carbons (Fsp3) is 0.238. The zero-order chi connectivity index (χ0) is 16.2. The third kappa shape index (κ3) is 5.82. The van der Waals surface area contributed by atoms with Gasteiger partial charge in [-0.25, -0.2) is 0 Å². The molecule has 0 amide bonds. The quantitative estimate of drug-likeness (QED) is 0.684. The van der Waals surface area contributed by atoms with Crippen LogP contribution < -0.4 is 0 Å². The minimum absolute atomic E-state index is 0. The molecule has 0 saturated carbocycles. The van der Waals surface area contributed by atoms with Crippen LogP contribution in [0.25, 0.3) is 16.7 Å². The average molecular weight is 426 g/mol. The summed E-state index contributed by atoms with van der Waals surface area (Å²) in [5.74, 6) is 0. The molecule has 2 aromatic rings. The van der Waals surface area contributed by atoms with Gasteiger partial charge in [0.1, 0.15) is 0 Å². The zero-order valence-electron chi connectivity index (χ0n) is 15.1. The Kier molecular flexibility index (Phi) is 11.4. The molecule has 1 aliphatic rings. The SMILES string of the molecule is CN(C)CC1=CCC(c2ccccc2-c2ccccc2CO)=C1.Cl.Cl.[Ti]. The number of benzene rings is 2. The van der Waals surface area contributed by atoms with Crippen LogP contribution in [-0.2, 0) is 28.3 Å². The maximum absolute atomic E-state index is 9.65. The van der Waals surface area contributed by atoms with Crippen molar-refractivity contribution in [3.63, 3.8) is 0 Å². The Morgan fingerprint density at radius 1 is 0.885 bits per heavy atom. The van der Waals surface area contributed by atoms with Crippen LogP contribution in [0.2, 0.25) is 0 Å². The van der Waals surface area contributed by atoms with Gasteiger partial charge in [0.2, 0.25) is 0 Å². The van der Waals surface area contributed by atoms with E-state index in [0.29, 0.717) is 0 Å². The van der Waals surface area contributed by atoms with Gasteiger partial charge in [-0.15, -0.1) is 24.8 Å². The molecule has 0 radical (unpaired) electrons. The summed E-state index contributed by atoms with van der Waals surface area (Å²) in [6.45, 7) is 1.03. The first-order valence-corrected chi connectivity index (χ1v) is 8.02. The zero-order valence-corrected chi connectivity index (χ0v) is 18.3. The van der Waals surface area contributed by atoms with Crippen LogP contribution in [0.5, 0.6) is 0 Å². The molecule has 3 rings (SSSR count). The Hall–Kier alpha value is -0.866. The topological polar surface area (TPSA) is 23.5 Å². The summed E-state index contributed by atoms with van der Waals surface area (Å²) in [5.41, 5.74) is 7.27. The number of hydrogen-bond donors (Lipinski definition) is 1. The van der Waals surface area contributed by atoms with Crippen molar-refractivity contribution in [2.45, 2.75) is 13.0 Å². The summed E-state index contributed by atoms with van der Waals surface area (Å²) in [4.78, 5) is 2.19. The van der Waals surface area contributed by atoms with E-state index in [1.807, 2.05) is 18.2 Å². The summed E-state index contributed by atoms with van der Waals surface area (Å²) in [7, 11) is 4.19. The fourth-order valence-electron chi connectivity index (χ4n) is 3.16. The third-order valence-corrected chi connectivity index (χ3v) is 4.19. The first kappa shape index (κ1) is 25.1. The summed E-state index contributed by atoms with van der Waals surface area (Å²) in [6.07, 6.45) is 5.59. The molecule has 0 aromatic heterocycles. The van der Waals surface area contributed by atoms with Gasteiger partial charge in [-0.3, -0.25) is 0 Å². The van der Waals surface area contributed by atoms with Gasteiger partial charge in [0, 0.05) is 28.3 Å². The maximum Gasteiger partial charge on any atom is 0.0687 e. The Balaban J connectivity index is 0.00000208. The number of halogens is 2. The van der Waals surface area contributed by atoms with Gasteiger partial charge >= 0.3 is 0 Å². The van der Waals surface area contributed by atoms with Crippen LogP contribution >= 0.6 is 24.8 Å². The smallest absolute Gasteiger partial charge is 0.0687 e. The largest absolute Gasteiger partial charge is 0.392 e. The van der Waals surface area contributed by atoms with Gasteiger partial charge in [-0.2, -0.15) is 0 Å². The van der Waals surface area contributed by atoms with Gasteiger partial charge in [0.15, 0.2) is 0 Å². The molecular formula is C21H25Cl2NOTi. The fourth-order valence-corrected chi connectivity index (χ4v) is 3.16. The second kappa shape index (κ2) is 11.8. The summed E-state index contributed by atoms with van der Waals surface area (Å²) in [5, 5.41) is 9.65. The number of aliphatic hydroxyl groups is 1. The predicted molar refractivity (Wildman–Crippen MR) is 112 cm³/mol. The van der Waals surface area contributed by atoms with Crippen molar-refractivity contribution in [3.05, 3.63) is 77.4 Å². The number of nitrogens with zero attached hydrogens (tertiary/aromatic N) is 1. The van der Waals surface area contributed by atoms with Crippen molar-refractivity contribution >= 4 is 30.4 Å². The van der Waals surface area contributed by atoms with Crippen LogP contribution in [0.1, 0.15) is 17.5 Å². The van der Waals surface area contributed by atoms with Crippen LogP contribution in [0.15, 0.2) is 66.3 Å². The van der Waals surface area contributed by atoms with Crippen LogP contribution in [0.3, 0.4) is 0 Å². The summed E-state index contributed by atoms with van der Waals surface area (Å²) in [6, 6.07) is 16.6. The van der Waals surface area contributed by atoms with Gasteiger partial charge in [0.05, 0.1) is 6.61 Å². The summed E-state index contributed by atoms with van der Waals surface area (Å²) >= 11 is 0. The molecule has 0 aliphatic heterocycles. The summed E-state index contributed by atoms with van der Waals surface area (Å²) < 4.78 is 0. The molecular weight excluding hydrogens is 401 g/mol. The van der Waals surface area contributed by atoms with E-state index < -0.39 is 0 Å². The Labute approximate surface area is 183 Å². The molecule has 0 unspecified atom stereocenters. The Morgan fingerprint density at radius 3 is 2.08 bits per heavy atom. The molecule has 2 aromatic carbocycles. The second-order valence-corrected chi connectivity index (χ2v) is 6.25. The molecule has 1 N–H and O–H groups in total. The molecule has 1 aliphatic carbocycles. The minimum Gasteiger partial charge on any atom is -0.392 e. The molecule has 26 heavy (non-hydrogen) atoms. The van der Waals surface area contributed by atoms with E-state index in [0.717, 1.165) is 24.1 Å². The number of likely N-dealkylation sites (N-methyl/N-ethyl adjacent to an activating group) is 1. The van der Waals surface area contributed by atoms with Crippen molar-refractivity contribution < 1.29 is 26.8 Å². The molecule has 5 heteroatoms. The molecule has 2 nitrogen and oxygen atoms in total. The van der Waals surface area contributed by atoms with E-state index in [2.05, 4.69) is 61.5 Å². The van der Waals surface area contributed by atoms with Gasteiger partial charge in [-0.1, -0.05) is 60.7 Å². The Bertz CT molecular complexity index is 772. The van der Waals surface area contributed by atoms with Crippen molar-refractivity contribution in [1.82, 2.24) is 4.90 Å². The van der Waals surface area contributed by atoms with E-state index >= 15 is 0 Å². The van der Waals surface area contributed by atoms with Crippen LogP contribution in [-0.4, -0.2) is 30.6 Å². The maximum atomic E-state index is 9.65. The minimum atomic E-state index is 0. The van der Waals surface area contributed by atoms with Crippen LogP contribution in [0, 0.1) is 0 Å². The first-order valence-electron chi connectivity index (χ1n) is 8.02. The van der Waals surface area contributed by atoms with Gasteiger partial charge < -0.3 is 10.0 Å². The molecule has 0 bridgehead atoms. The van der Waals surface area contributed by atoms with Crippen LogP contribution in [0.4, 0.5) is 0 Å². The number of allylic oxidation sites excluding steroid dienone is 2. The van der Waals surface area contributed by atoms with Crippen molar-refractivity contribution in [2.24, 2.45) is 0 Å². The predicted octanol–water partition coefficient (Wildman–Crippen LogP) is 4.96. The van der Waals surface area contributed by atoms with Gasteiger partial charge in [-0.05, 0) is 53.9 Å². The second-order valence-electron chi connectivity index (χ2n) is 6.25. The normalized spacial score (nSPS) is 12.5. The van der Waals surface area contributed by atoms with Crippen molar-refractivity contribution in [1.29, 1.82) is 0 Å². The van der Waals surface area contributed by atoms with E-state index in [-0.39, 0.29) is 53.1 Å². The monoisotopic (exact) mass is 425 g/mol.